The van der Waals surface area contributed by atoms with E-state index >= 15 is 0 Å². The Labute approximate surface area is 126 Å². The van der Waals surface area contributed by atoms with Crippen molar-refractivity contribution in [2.24, 2.45) is 0 Å². The molecule has 1 aromatic heterocycles. The number of aryl methyl sites for hydroxylation is 2. The molecule has 2 N–H and O–H groups in total. The maximum atomic E-state index is 11.1. The van der Waals surface area contributed by atoms with Gasteiger partial charge in [-0.15, -0.1) is 0 Å². The minimum Gasteiger partial charge on any atom is -0.478 e. The first-order chi connectivity index (χ1) is 9.49. The van der Waals surface area contributed by atoms with Crippen molar-refractivity contribution in [1.82, 2.24) is 4.98 Å². The molecule has 4 nitrogen and oxygen atoms in total. The maximum absolute atomic E-state index is 11.1. The Hall–Kier alpha value is -1.88. The highest BCUT2D eigenvalue weighted by Gasteiger charge is 2.09. The van der Waals surface area contributed by atoms with Gasteiger partial charge >= 0.3 is 5.97 Å². The summed E-state index contributed by atoms with van der Waals surface area (Å²) in [5.41, 5.74) is 2.96. The number of aromatic carboxylic acids is 1. The standard InChI is InChI=1S/C15H15BrN2O2/c1-3-12-7-10(15(19)20)8-14(17-12)18-13-5-4-11(16)6-9(13)2/h4-8H,3H2,1-2H3,(H,17,18)(H,19,20). The van der Waals surface area contributed by atoms with Gasteiger partial charge in [0.1, 0.15) is 5.82 Å². The summed E-state index contributed by atoms with van der Waals surface area (Å²) in [6.07, 6.45) is 0.690. The second-order valence-electron chi connectivity index (χ2n) is 4.48. The Morgan fingerprint density at radius 1 is 1.35 bits per heavy atom. The van der Waals surface area contributed by atoms with E-state index in [-0.39, 0.29) is 5.56 Å². The molecule has 2 rings (SSSR count). The minimum atomic E-state index is -0.947. The smallest absolute Gasteiger partial charge is 0.335 e. The molecular weight excluding hydrogens is 320 g/mol. The molecule has 0 bridgehead atoms. The zero-order valence-corrected chi connectivity index (χ0v) is 12.9. The van der Waals surface area contributed by atoms with Crippen LogP contribution < -0.4 is 5.32 Å². The molecule has 0 saturated carbocycles. The van der Waals surface area contributed by atoms with Gasteiger partial charge < -0.3 is 10.4 Å². The Balaban J connectivity index is 2.37. The molecule has 0 saturated heterocycles. The number of nitrogens with one attached hydrogen (secondary N) is 1. The summed E-state index contributed by atoms with van der Waals surface area (Å²) in [5.74, 6) is -0.398. The number of carboxylic acid groups (broad SMARTS) is 1. The van der Waals surface area contributed by atoms with Crippen LogP contribution in [0.1, 0.15) is 28.5 Å². The Morgan fingerprint density at radius 2 is 2.10 bits per heavy atom. The SMILES string of the molecule is CCc1cc(C(=O)O)cc(Nc2ccc(Br)cc2C)n1. The summed E-state index contributed by atoms with van der Waals surface area (Å²) in [6, 6.07) is 8.99. The number of carbonyl (C=O) groups is 1. The highest BCUT2D eigenvalue weighted by Crippen LogP contribution is 2.23. The number of aromatic nitrogens is 1. The summed E-state index contributed by atoms with van der Waals surface area (Å²) in [6.45, 7) is 3.93. The van der Waals surface area contributed by atoms with Crippen LogP contribution in [0, 0.1) is 6.92 Å². The number of pyridine rings is 1. The summed E-state index contributed by atoms with van der Waals surface area (Å²) in [5, 5.41) is 12.3. The number of anilines is 2. The highest BCUT2D eigenvalue weighted by atomic mass is 79.9. The molecule has 0 fully saturated rings. The van der Waals surface area contributed by atoms with E-state index in [1.807, 2.05) is 32.0 Å². The second kappa shape index (κ2) is 6.05. The average Bonchev–Trinajstić information content (AvgIpc) is 2.41. The monoisotopic (exact) mass is 334 g/mol. The molecule has 2 aromatic rings. The van der Waals surface area contributed by atoms with Crippen LogP contribution >= 0.6 is 15.9 Å². The molecule has 20 heavy (non-hydrogen) atoms. The molecule has 0 radical (unpaired) electrons. The maximum Gasteiger partial charge on any atom is 0.335 e. The van der Waals surface area contributed by atoms with Crippen LogP contribution in [0.15, 0.2) is 34.8 Å². The zero-order valence-electron chi connectivity index (χ0n) is 11.3. The first-order valence-electron chi connectivity index (χ1n) is 6.27. The first-order valence-corrected chi connectivity index (χ1v) is 7.06. The van der Waals surface area contributed by atoms with Crippen molar-refractivity contribution in [3.63, 3.8) is 0 Å². The second-order valence-corrected chi connectivity index (χ2v) is 5.39. The van der Waals surface area contributed by atoms with Crippen molar-refractivity contribution in [2.75, 3.05) is 5.32 Å². The van der Waals surface area contributed by atoms with E-state index in [9.17, 15) is 4.79 Å². The van der Waals surface area contributed by atoms with Crippen LogP contribution in [0.3, 0.4) is 0 Å². The molecule has 0 aliphatic heterocycles. The van der Waals surface area contributed by atoms with Gasteiger partial charge in [-0.2, -0.15) is 0 Å². The van der Waals surface area contributed by atoms with Crippen molar-refractivity contribution in [3.8, 4) is 0 Å². The van der Waals surface area contributed by atoms with Crippen molar-refractivity contribution >= 4 is 33.4 Å². The summed E-state index contributed by atoms with van der Waals surface area (Å²) in [7, 11) is 0. The summed E-state index contributed by atoms with van der Waals surface area (Å²) in [4.78, 5) is 15.5. The number of halogens is 1. The predicted molar refractivity (Wildman–Crippen MR) is 82.7 cm³/mol. The normalized spacial score (nSPS) is 10.3. The fourth-order valence-corrected chi connectivity index (χ4v) is 2.34. The summed E-state index contributed by atoms with van der Waals surface area (Å²) >= 11 is 3.41. The van der Waals surface area contributed by atoms with Crippen LogP contribution in [0.5, 0.6) is 0 Å². The van der Waals surface area contributed by atoms with Gasteiger partial charge in [0.2, 0.25) is 0 Å². The lowest BCUT2D eigenvalue weighted by molar-refractivity contribution is 0.0696. The van der Waals surface area contributed by atoms with E-state index in [4.69, 9.17) is 5.11 Å². The molecule has 0 aliphatic carbocycles. The molecule has 0 amide bonds. The molecule has 0 spiro atoms. The lowest BCUT2D eigenvalue weighted by atomic mass is 10.1. The van der Waals surface area contributed by atoms with E-state index < -0.39 is 5.97 Å². The van der Waals surface area contributed by atoms with Gasteiger partial charge in [-0.25, -0.2) is 9.78 Å². The number of nitrogens with zero attached hydrogens (tertiary/aromatic N) is 1. The molecule has 0 aliphatic rings. The molecule has 0 atom stereocenters. The van der Waals surface area contributed by atoms with Gasteiger partial charge in [-0.1, -0.05) is 22.9 Å². The van der Waals surface area contributed by atoms with Crippen molar-refractivity contribution < 1.29 is 9.90 Å². The van der Waals surface area contributed by atoms with Crippen LogP contribution in [-0.4, -0.2) is 16.1 Å². The van der Waals surface area contributed by atoms with Gasteiger partial charge in [0.15, 0.2) is 0 Å². The average molecular weight is 335 g/mol. The molecule has 104 valence electrons. The van der Waals surface area contributed by atoms with Gasteiger partial charge in [0.25, 0.3) is 0 Å². The van der Waals surface area contributed by atoms with Crippen LogP contribution in [0.25, 0.3) is 0 Å². The fourth-order valence-electron chi connectivity index (χ4n) is 1.86. The van der Waals surface area contributed by atoms with E-state index in [0.29, 0.717) is 12.2 Å². The van der Waals surface area contributed by atoms with Crippen molar-refractivity contribution in [3.05, 3.63) is 51.6 Å². The summed E-state index contributed by atoms with van der Waals surface area (Å²) < 4.78 is 1.00. The topological polar surface area (TPSA) is 62.2 Å². The lowest BCUT2D eigenvalue weighted by Gasteiger charge is -2.11. The van der Waals surface area contributed by atoms with Crippen molar-refractivity contribution in [1.29, 1.82) is 0 Å². The van der Waals surface area contributed by atoms with E-state index in [1.54, 1.807) is 12.1 Å². The van der Waals surface area contributed by atoms with E-state index in [1.165, 1.54) is 0 Å². The van der Waals surface area contributed by atoms with Gasteiger partial charge in [0.05, 0.1) is 5.56 Å². The van der Waals surface area contributed by atoms with Gasteiger partial charge in [-0.3, -0.25) is 0 Å². The molecular formula is C15H15BrN2O2. The third-order valence-electron chi connectivity index (χ3n) is 2.94. The third kappa shape index (κ3) is 3.36. The molecule has 1 heterocycles. The third-order valence-corrected chi connectivity index (χ3v) is 3.43. The van der Waals surface area contributed by atoms with Crippen LogP contribution in [0.2, 0.25) is 0 Å². The van der Waals surface area contributed by atoms with Gasteiger partial charge in [-0.05, 0) is 49.2 Å². The molecule has 1 aromatic carbocycles. The van der Waals surface area contributed by atoms with Gasteiger partial charge in [0, 0.05) is 15.9 Å². The quantitative estimate of drug-likeness (QED) is 0.881. The number of rotatable bonds is 4. The highest BCUT2D eigenvalue weighted by molar-refractivity contribution is 9.10. The number of carboxylic acids is 1. The minimum absolute atomic E-state index is 0.245. The van der Waals surface area contributed by atoms with E-state index in [2.05, 4.69) is 26.2 Å². The first kappa shape index (κ1) is 14.5. The number of hydrogen-bond donors (Lipinski definition) is 2. The van der Waals surface area contributed by atoms with Crippen LogP contribution in [-0.2, 0) is 6.42 Å². The molecule has 0 unspecified atom stereocenters. The van der Waals surface area contributed by atoms with Crippen molar-refractivity contribution in [2.45, 2.75) is 20.3 Å². The Kier molecular flexibility index (Phi) is 4.39. The lowest BCUT2D eigenvalue weighted by Crippen LogP contribution is -2.04. The Bertz CT molecular complexity index is 656. The Morgan fingerprint density at radius 3 is 2.70 bits per heavy atom. The predicted octanol–water partition coefficient (Wildman–Crippen LogP) is 4.16. The number of benzene rings is 1. The number of hydrogen-bond acceptors (Lipinski definition) is 3. The zero-order chi connectivity index (χ0) is 14.7. The fraction of sp³-hybridized carbons (Fsp3) is 0.200. The van der Waals surface area contributed by atoms with Crippen LogP contribution in [0.4, 0.5) is 11.5 Å². The largest absolute Gasteiger partial charge is 0.478 e. The van der Waals surface area contributed by atoms with E-state index in [0.717, 1.165) is 21.4 Å². The molecule has 5 heteroatoms.